The van der Waals surface area contributed by atoms with E-state index in [9.17, 15) is 0 Å². The van der Waals surface area contributed by atoms with Crippen LogP contribution in [-0.2, 0) is 4.43 Å². The summed E-state index contributed by atoms with van der Waals surface area (Å²) in [4.78, 5) is 8.19. The van der Waals surface area contributed by atoms with Crippen LogP contribution in [0.2, 0.25) is 32.7 Å². The van der Waals surface area contributed by atoms with Crippen LogP contribution in [0.1, 0.15) is 35.6 Å². The SMILES string of the molecule is C.C.CC(C)C.CO[Si](C)(C)C.C[SiH](C)O. The Morgan fingerprint density at radius 2 is 1.06 bits per heavy atom. The third kappa shape index (κ3) is 228. The van der Waals surface area contributed by atoms with Gasteiger partial charge >= 0.3 is 0 Å². The summed E-state index contributed by atoms with van der Waals surface area (Å²) < 4.78 is 5.08. The Morgan fingerprint density at radius 1 is 1.00 bits per heavy atom. The molecule has 0 aliphatic carbocycles. The third-order valence-electron chi connectivity index (χ3n) is 0.612. The van der Waals surface area contributed by atoms with Gasteiger partial charge in [0.1, 0.15) is 0 Å². The fourth-order valence-electron chi connectivity index (χ4n) is 0. The molecule has 0 saturated carbocycles. The van der Waals surface area contributed by atoms with E-state index in [1.807, 2.05) is 13.1 Å². The van der Waals surface area contributed by atoms with Crippen LogP contribution in [0.5, 0.6) is 0 Å². The first kappa shape index (κ1) is 29.9. The molecule has 0 radical (unpaired) electrons. The van der Waals surface area contributed by atoms with E-state index in [4.69, 9.17) is 9.22 Å². The van der Waals surface area contributed by atoms with Gasteiger partial charge in [-0.3, -0.25) is 0 Å². The molecule has 0 aromatic heterocycles. The van der Waals surface area contributed by atoms with Gasteiger partial charge in [0, 0.05) is 7.11 Å². The van der Waals surface area contributed by atoms with Crippen LogP contribution in [0.25, 0.3) is 0 Å². The van der Waals surface area contributed by atoms with Crippen molar-refractivity contribution >= 4 is 17.4 Å². The molecule has 2 nitrogen and oxygen atoms in total. The van der Waals surface area contributed by atoms with Crippen LogP contribution in [-0.4, -0.2) is 29.3 Å². The summed E-state index contributed by atoms with van der Waals surface area (Å²) in [7, 11) is -0.500. The molecule has 0 heterocycles. The zero-order valence-electron chi connectivity index (χ0n) is 11.5. The highest BCUT2D eigenvalue weighted by Gasteiger charge is 2.09. The molecular weight excluding hydrogens is 232 g/mol. The van der Waals surface area contributed by atoms with Crippen LogP contribution in [0.3, 0.4) is 0 Å². The molecule has 16 heavy (non-hydrogen) atoms. The van der Waals surface area contributed by atoms with Crippen molar-refractivity contribution in [3.63, 3.8) is 0 Å². The maximum atomic E-state index is 8.19. The summed E-state index contributed by atoms with van der Waals surface area (Å²) in [5, 5.41) is 0. The minimum Gasteiger partial charge on any atom is -0.435 e. The average Bonchev–Trinajstić information content (AvgIpc) is 1.83. The van der Waals surface area contributed by atoms with E-state index in [0.717, 1.165) is 5.92 Å². The van der Waals surface area contributed by atoms with Crippen LogP contribution in [0.15, 0.2) is 0 Å². The van der Waals surface area contributed by atoms with Gasteiger partial charge in [0.2, 0.25) is 0 Å². The molecule has 0 amide bonds. The van der Waals surface area contributed by atoms with Gasteiger partial charge in [-0.05, 0) is 38.7 Å². The molecule has 4 heteroatoms. The Morgan fingerprint density at radius 3 is 1.06 bits per heavy atom. The molecule has 106 valence electrons. The molecule has 0 fully saturated rings. The van der Waals surface area contributed by atoms with E-state index >= 15 is 0 Å². The zero-order valence-corrected chi connectivity index (χ0v) is 13.7. The van der Waals surface area contributed by atoms with E-state index in [-0.39, 0.29) is 14.9 Å². The van der Waals surface area contributed by atoms with Crippen molar-refractivity contribution in [2.45, 2.75) is 68.4 Å². The van der Waals surface area contributed by atoms with Gasteiger partial charge in [0.25, 0.3) is 0 Å². The quantitative estimate of drug-likeness (QED) is 0.717. The highest BCUT2D eigenvalue weighted by Crippen LogP contribution is 1.97. The summed E-state index contributed by atoms with van der Waals surface area (Å²) >= 11 is 0. The van der Waals surface area contributed by atoms with Crippen LogP contribution >= 0.6 is 0 Å². The molecule has 0 aliphatic heterocycles. The number of hydrogen-bond acceptors (Lipinski definition) is 2. The second-order valence-corrected chi connectivity index (χ2v) is 12.0. The molecule has 0 atom stereocenters. The molecule has 0 saturated heterocycles. The Hall–Kier alpha value is 0.354. The van der Waals surface area contributed by atoms with Crippen molar-refractivity contribution in [2.75, 3.05) is 7.11 Å². The predicted molar refractivity (Wildman–Crippen MR) is 85.4 cm³/mol. The lowest BCUT2D eigenvalue weighted by atomic mass is 10.3. The lowest BCUT2D eigenvalue weighted by Gasteiger charge is -2.10. The van der Waals surface area contributed by atoms with Gasteiger partial charge in [-0.15, -0.1) is 0 Å². The Labute approximate surface area is 108 Å². The van der Waals surface area contributed by atoms with Gasteiger partial charge in [-0.25, -0.2) is 0 Å². The van der Waals surface area contributed by atoms with Gasteiger partial charge in [0.15, 0.2) is 17.4 Å². The predicted octanol–water partition coefficient (Wildman–Crippen LogP) is 4.36. The van der Waals surface area contributed by atoms with Gasteiger partial charge in [0.05, 0.1) is 0 Å². The van der Waals surface area contributed by atoms with E-state index in [2.05, 4.69) is 40.4 Å². The summed E-state index contributed by atoms with van der Waals surface area (Å²) in [5.74, 6) is 0.833. The van der Waals surface area contributed by atoms with Gasteiger partial charge < -0.3 is 9.22 Å². The second-order valence-electron chi connectivity index (χ2n) is 5.14. The van der Waals surface area contributed by atoms with E-state index in [1.165, 1.54) is 0 Å². The standard InChI is InChI=1S/C4H12OSi.C4H10.C2H8OSi.2CH4/c1-5-6(2,3)4;2*1-4(2)3;;/h1-4H3;4H,1-3H3;3-4H,1-2H3;2*1H4. The number of rotatable bonds is 1. The van der Waals surface area contributed by atoms with Crippen molar-refractivity contribution in [1.82, 2.24) is 0 Å². The minimum atomic E-state index is -1.14. The first-order valence-electron chi connectivity index (χ1n) is 5.26. The smallest absolute Gasteiger partial charge is 0.183 e. The fraction of sp³-hybridized carbons (Fsp3) is 1.00. The topological polar surface area (TPSA) is 29.5 Å². The molecule has 0 bridgehead atoms. The molecule has 0 aromatic carbocycles. The highest BCUT2D eigenvalue weighted by atomic mass is 28.4. The van der Waals surface area contributed by atoms with E-state index in [1.54, 1.807) is 7.11 Å². The normalized spacial score (nSPS) is 9.00. The molecule has 1 N–H and O–H groups in total. The van der Waals surface area contributed by atoms with Crippen LogP contribution < -0.4 is 0 Å². The largest absolute Gasteiger partial charge is 0.435 e. The zero-order chi connectivity index (χ0) is 12.4. The summed E-state index contributed by atoms with van der Waals surface area (Å²) in [6.07, 6.45) is 0. The Kier molecular flexibility index (Phi) is 33.2. The van der Waals surface area contributed by atoms with Crippen molar-refractivity contribution < 1.29 is 9.22 Å². The second kappa shape index (κ2) is 17.7. The van der Waals surface area contributed by atoms with E-state index in [0.29, 0.717) is 0 Å². The Balaban J connectivity index is -0.0000000367. The first-order valence-corrected chi connectivity index (χ1v) is 11.5. The molecule has 0 aliphatic rings. The minimum absolute atomic E-state index is 0. The summed E-state index contributed by atoms with van der Waals surface area (Å²) in [6, 6.07) is 0. The van der Waals surface area contributed by atoms with Crippen molar-refractivity contribution in [3.05, 3.63) is 0 Å². The first-order chi connectivity index (χ1) is 6.02. The summed E-state index contributed by atoms with van der Waals surface area (Å²) in [6.45, 7) is 16.7. The fourth-order valence-corrected chi connectivity index (χ4v) is 0. The molecule has 0 aromatic rings. The third-order valence-corrected chi connectivity index (χ3v) is 1.84. The van der Waals surface area contributed by atoms with Crippen molar-refractivity contribution in [3.8, 4) is 0 Å². The maximum absolute atomic E-state index is 8.19. The Bertz CT molecular complexity index is 88.2. The van der Waals surface area contributed by atoms with Gasteiger partial charge in [-0.1, -0.05) is 35.6 Å². The lowest BCUT2D eigenvalue weighted by Crippen LogP contribution is -2.22. The molecule has 0 rings (SSSR count). The lowest BCUT2D eigenvalue weighted by molar-refractivity contribution is 0.411. The van der Waals surface area contributed by atoms with Crippen molar-refractivity contribution in [1.29, 1.82) is 0 Å². The monoisotopic (exact) mass is 270 g/mol. The number of hydrogen-bond donors (Lipinski definition) is 1. The van der Waals surface area contributed by atoms with E-state index < -0.39 is 17.4 Å². The molecule has 0 spiro atoms. The summed E-state index contributed by atoms with van der Waals surface area (Å²) in [5.41, 5.74) is 0. The molecular formula is C12H38O2Si2. The van der Waals surface area contributed by atoms with Crippen LogP contribution in [0.4, 0.5) is 0 Å². The van der Waals surface area contributed by atoms with Crippen LogP contribution in [0, 0.1) is 5.92 Å². The highest BCUT2D eigenvalue weighted by molar-refractivity contribution is 6.69. The molecule has 0 unspecified atom stereocenters. The van der Waals surface area contributed by atoms with Crippen molar-refractivity contribution in [2.24, 2.45) is 5.92 Å². The maximum Gasteiger partial charge on any atom is 0.183 e. The van der Waals surface area contributed by atoms with Gasteiger partial charge in [-0.2, -0.15) is 0 Å². The average molecular weight is 271 g/mol.